The zero-order chi connectivity index (χ0) is 12.1. The summed E-state index contributed by atoms with van der Waals surface area (Å²) in [5.74, 6) is 0. The van der Waals surface area contributed by atoms with Crippen molar-refractivity contribution in [1.82, 2.24) is 0 Å². The van der Waals surface area contributed by atoms with Gasteiger partial charge in [-0.05, 0) is 41.8 Å². The third kappa shape index (κ3) is 3.08. The maximum atomic E-state index is 5.62. The molecule has 0 aliphatic heterocycles. The highest BCUT2D eigenvalue weighted by molar-refractivity contribution is 5.60. The number of hydrogen-bond acceptors (Lipinski definition) is 2. The van der Waals surface area contributed by atoms with Gasteiger partial charge in [0.05, 0.1) is 0 Å². The van der Waals surface area contributed by atoms with Crippen LogP contribution in [0.4, 0.5) is 11.4 Å². The van der Waals surface area contributed by atoms with E-state index >= 15 is 0 Å². The van der Waals surface area contributed by atoms with Gasteiger partial charge in [-0.1, -0.05) is 31.2 Å². The van der Waals surface area contributed by atoms with Crippen LogP contribution in [0.1, 0.15) is 18.1 Å². The molecule has 0 radical (unpaired) electrons. The Bertz CT molecular complexity index is 475. The van der Waals surface area contributed by atoms with Crippen molar-refractivity contribution in [1.29, 1.82) is 0 Å². The summed E-state index contributed by atoms with van der Waals surface area (Å²) in [5.41, 5.74) is 10.3. The van der Waals surface area contributed by atoms with E-state index < -0.39 is 0 Å². The lowest BCUT2D eigenvalue weighted by atomic mass is 10.1. The van der Waals surface area contributed by atoms with E-state index in [-0.39, 0.29) is 0 Å². The lowest BCUT2D eigenvalue weighted by Gasteiger charge is -2.08. The number of rotatable bonds is 4. The molecule has 0 spiro atoms. The molecule has 0 heterocycles. The molecular formula is C15H18N2. The largest absolute Gasteiger partial charge is 0.356 e. The first-order chi connectivity index (χ1) is 8.31. The molecule has 0 bridgehead atoms. The van der Waals surface area contributed by atoms with Gasteiger partial charge in [0.15, 0.2) is 0 Å². The second kappa shape index (κ2) is 5.51. The number of nitrogens with one attached hydrogen (secondary N) is 1. The highest BCUT2D eigenvalue weighted by atomic mass is 14.9. The van der Waals surface area contributed by atoms with Crippen molar-refractivity contribution in [2.45, 2.75) is 19.9 Å². The van der Waals surface area contributed by atoms with Crippen molar-refractivity contribution < 1.29 is 0 Å². The molecule has 2 aromatic carbocycles. The van der Waals surface area contributed by atoms with Crippen molar-refractivity contribution in [3.63, 3.8) is 0 Å². The summed E-state index contributed by atoms with van der Waals surface area (Å²) in [5, 5.41) is 3.37. The van der Waals surface area contributed by atoms with Crippen LogP contribution in [0.2, 0.25) is 0 Å². The Morgan fingerprint density at radius 2 is 1.71 bits per heavy atom. The average Bonchev–Trinajstić information content (AvgIpc) is 2.40. The number of benzene rings is 2. The van der Waals surface area contributed by atoms with Gasteiger partial charge in [-0.15, -0.1) is 0 Å². The maximum absolute atomic E-state index is 5.62. The molecule has 0 unspecified atom stereocenters. The fourth-order valence-electron chi connectivity index (χ4n) is 1.77. The highest BCUT2D eigenvalue weighted by Gasteiger charge is 1.96. The molecule has 17 heavy (non-hydrogen) atoms. The van der Waals surface area contributed by atoms with Crippen LogP contribution in [0.15, 0.2) is 48.5 Å². The molecule has 0 saturated carbocycles. The van der Waals surface area contributed by atoms with Crippen LogP contribution in [0, 0.1) is 0 Å². The number of hydrogen-bond donors (Lipinski definition) is 2. The van der Waals surface area contributed by atoms with E-state index in [1.807, 2.05) is 18.2 Å². The quantitative estimate of drug-likeness (QED) is 0.838. The van der Waals surface area contributed by atoms with E-state index in [1.54, 1.807) is 0 Å². The van der Waals surface area contributed by atoms with Crippen LogP contribution in [0.5, 0.6) is 0 Å². The fourth-order valence-corrected chi connectivity index (χ4v) is 1.77. The van der Waals surface area contributed by atoms with E-state index in [2.05, 4.69) is 42.6 Å². The third-order valence-corrected chi connectivity index (χ3v) is 2.81. The maximum Gasteiger partial charge on any atom is 0.0387 e. The van der Waals surface area contributed by atoms with Crippen molar-refractivity contribution in [3.05, 3.63) is 59.7 Å². The summed E-state index contributed by atoms with van der Waals surface area (Å²) in [6, 6.07) is 16.7. The smallest absolute Gasteiger partial charge is 0.0387 e. The summed E-state index contributed by atoms with van der Waals surface area (Å²) >= 11 is 0. The minimum atomic E-state index is 0.574. The zero-order valence-electron chi connectivity index (χ0n) is 10.1. The SMILES string of the molecule is CCc1ccc(Nc2cccc(CN)c2)cc1. The predicted octanol–water partition coefficient (Wildman–Crippen LogP) is 3.45. The fraction of sp³-hybridized carbons (Fsp3) is 0.200. The first kappa shape index (κ1) is 11.7. The Kier molecular flexibility index (Phi) is 3.78. The lowest BCUT2D eigenvalue weighted by Crippen LogP contribution is -1.97. The molecular weight excluding hydrogens is 208 g/mol. The number of aryl methyl sites for hydroxylation is 1. The molecule has 0 atom stereocenters. The molecule has 2 aromatic rings. The van der Waals surface area contributed by atoms with Crippen LogP contribution in [-0.4, -0.2) is 0 Å². The first-order valence-corrected chi connectivity index (χ1v) is 5.97. The van der Waals surface area contributed by atoms with Crippen LogP contribution >= 0.6 is 0 Å². The molecule has 0 aromatic heterocycles. The molecule has 0 fully saturated rings. The summed E-state index contributed by atoms with van der Waals surface area (Å²) in [7, 11) is 0. The van der Waals surface area contributed by atoms with Gasteiger partial charge < -0.3 is 11.1 Å². The number of nitrogens with two attached hydrogens (primary N) is 1. The van der Waals surface area contributed by atoms with Gasteiger partial charge in [-0.3, -0.25) is 0 Å². The van der Waals surface area contributed by atoms with E-state index in [0.29, 0.717) is 6.54 Å². The molecule has 2 nitrogen and oxygen atoms in total. The van der Waals surface area contributed by atoms with Gasteiger partial charge in [0.2, 0.25) is 0 Å². The minimum Gasteiger partial charge on any atom is -0.356 e. The van der Waals surface area contributed by atoms with Crippen molar-refractivity contribution in [2.24, 2.45) is 5.73 Å². The van der Waals surface area contributed by atoms with Gasteiger partial charge in [-0.25, -0.2) is 0 Å². The Morgan fingerprint density at radius 3 is 2.35 bits per heavy atom. The van der Waals surface area contributed by atoms with Crippen LogP contribution in [0.25, 0.3) is 0 Å². The van der Waals surface area contributed by atoms with Gasteiger partial charge in [0, 0.05) is 17.9 Å². The molecule has 0 aliphatic rings. The first-order valence-electron chi connectivity index (χ1n) is 5.97. The average molecular weight is 226 g/mol. The Balaban J connectivity index is 2.13. The molecule has 88 valence electrons. The van der Waals surface area contributed by atoms with Gasteiger partial charge in [0.25, 0.3) is 0 Å². The molecule has 0 amide bonds. The second-order valence-corrected chi connectivity index (χ2v) is 4.08. The summed E-state index contributed by atoms with van der Waals surface area (Å²) in [6.07, 6.45) is 1.07. The molecule has 3 N–H and O–H groups in total. The van der Waals surface area contributed by atoms with Crippen molar-refractivity contribution >= 4 is 11.4 Å². The summed E-state index contributed by atoms with van der Waals surface area (Å²) in [6.45, 7) is 2.73. The van der Waals surface area contributed by atoms with Gasteiger partial charge >= 0.3 is 0 Å². The Morgan fingerprint density at radius 1 is 0.941 bits per heavy atom. The molecule has 2 rings (SSSR count). The lowest BCUT2D eigenvalue weighted by molar-refractivity contribution is 1.07. The van der Waals surface area contributed by atoms with E-state index in [9.17, 15) is 0 Å². The van der Waals surface area contributed by atoms with E-state index in [1.165, 1.54) is 5.56 Å². The molecule has 0 aliphatic carbocycles. The Hall–Kier alpha value is -1.80. The third-order valence-electron chi connectivity index (χ3n) is 2.81. The topological polar surface area (TPSA) is 38.0 Å². The van der Waals surface area contributed by atoms with Crippen LogP contribution in [-0.2, 0) is 13.0 Å². The predicted molar refractivity (Wildman–Crippen MR) is 73.4 cm³/mol. The normalized spacial score (nSPS) is 10.2. The zero-order valence-corrected chi connectivity index (χ0v) is 10.1. The van der Waals surface area contributed by atoms with Gasteiger partial charge in [-0.2, -0.15) is 0 Å². The standard InChI is InChI=1S/C15H18N2/c1-2-12-6-8-14(9-7-12)17-15-5-3-4-13(10-15)11-16/h3-10,17H,2,11,16H2,1H3. The van der Waals surface area contributed by atoms with Gasteiger partial charge in [0.1, 0.15) is 0 Å². The van der Waals surface area contributed by atoms with E-state index in [0.717, 1.165) is 23.4 Å². The van der Waals surface area contributed by atoms with Crippen molar-refractivity contribution in [2.75, 3.05) is 5.32 Å². The highest BCUT2D eigenvalue weighted by Crippen LogP contribution is 2.18. The van der Waals surface area contributed by atoms with Crippen molar-refractivity contribution in [3.8, 4) is 0 Å². The summed E-state index contributed by atoms with van der Waals surface area (Å²) < 4.78 is 0. The summed E-state index contributed by atoms with van der Waals surface area (Å²) in [4.78, 5) is 0. The molecule has 0 saturated heterocycles. The van der Waals surface area contributed by atoms with Crippen LogP contribution in [0.3, 0.4) is 0 Å². The number of anilines is 2. The minimum absolute atomic E-state index is 0.574. The molecule has 2 heteroatoms. The Labute approximate surface area is 102 Å². The second-order valence-electron chi connectivity index (χ2n) is 4.08. The van der Waals surface area contributed by atoms with Crippen LogP contribution < -0.4 is 11.1 Å². The van der Waals surface area contributed by atoms with E-state index in [4.69, 9.17) is 5.73 Å². The monoisotopic (exact) mass is 226 g/mol.